The lowest BCUT2D eigenvalue weighted by atomic mass is 10.3. The summed E-state index contributed by atoms with van der Waals surface area (Å²) in [6, 6.07) is 7.61. The van der Waals surface area contributed by atoms with Crippen molar-refractivity contribution in [2.75, 3.05) is 11.8 Å². The Morgan fingerprint density at radius 3 is 2.65 bits per heavy atom. The molecule has 1 heterocycles. The largest absolute Gasteiger partial charge is 0.497 e. The molecule has 0 saturated carbocycles. The lowest BCUT2D eigenvalue weighted by Crippen LogP contribution is -2.15. The van der Waals surface area contributed by atoms with Crippen LogP contribution in [0, 0.1) is 6.92 Å². The van der Waals surface area contributed by atoms with Crippen molar-refractivity contribution < 1.29 is 13.2 Å². The van der Waals surface area contributed by atoms with E-state index in [1.807, 2.05) is 0 Å². The quantitative estimate of drug-likeness (QED) is 0.876. The summed E-state index contributed by atoms with van der Waals surface area (Å²) in [7, 11) is -2.33. The molecule has 20 heavy (non-hydrogen) atoms. The monoisotopic (exact) mass is 313 g/mol. The molecule has 1 aromatic carbocycles. The number of nitrogens with zero attached hydrogens (tertiary/aromatic N) is 2. The minimum absolute atomic E-state index is 0.0538. The molecule has 2 rings (SSSR count). The van der Waals surface area contributed by atoms with Gasteiger partial charge in [-0.1, -0.05) is 17.7 Å². The molecule has 0 radical (unpaired) electrons. The van der Waals surface area contributed by atoms with Crippen molar-refractivity contribution in [2.24, 2.45) is 0 Å². The van der Waals surface area contributed by atoms with Crippen LogP contribution < -0.4 is 9.46 Å². The van der Waals surface area contributed by atoms with Gasteiger partial charge < -0.3 is 4.74 Å². The number of methoxy groups -OCH3 is 1. The normalized spacial score (nSPS) is 11.2. The first kappa shape index (κ1) is 14.5. The second kappa shape index (κ2) is 5.64. The van der Waals surface area contributed by atoms with E-state index in [-0.39, 0.29) is 16.0 Å². The molecule has 0 fully saturated rings. The molecular weight excluding hydrogens is 302 g/mol. The van der Waals surface area contributed by atoms with Crippen LogP contribution in [-0.4, -0.2) is 25.5 Å². The van der Waals surface area contributed by atoms with Crippen molar-refractivity contribution >= 4 is 27.6 Å². The van der Waals surface area contributed by atoms with E-state index in [0.717, 1.165) is 0 Å². The number of hydrogen-bond acceptors (Lipinski definition) is 5. The summed E-state index contributed by atoms with van der Waals surface area (Å²) >= 11 is 5.77. The van der Waals surface area contributed by atoms with Gasteiger partial charge in [-0.25, -0.2) is 23.1 Å². The Hall–Kier alpha value is -1.86. The molecule has 0 aliphatic carbocycles. The zero-order valence-corrected chi connectivity index (χ0v) is 12.4. The molecule has 106 valence electrons. The summed E-state index contributed by atoms with van der Waals surface area (Å²) in [6.45, 7) is 1.69. The molecule has 0 saturated heterocycles. The Balaban J connectivity index is 2.35. The second-order valence-electron chi connectivity index (χ2n) is 3.94. The van der Waals surface area contributed by atoms with E-state index in [4.69, 9.17) is 16.3 Å². The van der Waals surface area contributed by atoms with E-state index in [0.29, 0.717) is 11.4 Å². The van der Waals surface area contributed by atoms with Gasteiger partial charge in [0.25, 0.3) is 10.0 Å². The molecule has 2 aromatic rings. The first-order chi connectivity index (χ1) is 9.40. The minimum atomic E-state index is -3.79. The Morgan fingerprint density at radius 1 is 1.25 bits per heavy atom. The number of anilines is 1. The number of aryl methyl sites for hydroxylation is 1. The highest BCUT2D eigenvalue weighted by Crippen LogP contribution is 2.19. The van der Waals surface area contributed by atoms with Gasteiger partial charge in [0, 0.05) is 11.8 Å². The van der Waals surface area contributed by atoms with Gasteiger partial charge in [0.1, 0.15) is 10.9 Å². The number of sulfonamides is 1. The van der Waals surface area contributed by atoms with E-state index in [1.54, 1.807) is 19.1 Å². The zero-order chi connectivity index (χ0) is 14.8. The van der Waals surface area contributed by atoms with E-state index < -0.39 is 10.0 Å². The molecule has 0 atom stereocenters. The van der Waals surface area contributed by atoms with Crippen molar-refractivity contribution in [1.29, 1.82) is 0 Å². The van der Waals surface area contributed by atoms with Crippen LogP contribution in [0.4, 0.5) is 5.95 Å². The number of hydrogen-bond donors (Lipinski definition) is 1. The van der Waals surface area contributed by atoms with Gasteiger partial charge in [-0.15, -0.1) is 0 Å². The highest BCUT2D eigenvalue weighted by Gasteiger charge is 2.16. The van der Waals surface area contributed by atoms with Crippen LogP contribution in [-0.2, 0) is 10.0 Å². The summed E-state index contributed by atoms with van der Waals surface area (Å²) in [4.78, 5) is 7.84. The summed E-state index contributed by atoms with van der Waals surface area (Å²) in [5.74, 6) is 0.369. The smallest absolute Gasteiger partial charge is 0.264 e. The third-order valence-corrected chi connectivity index (χ3v) is 3.92. The second-order valence-corrected chi connectivity index (χ2v) is 6.01. The fraction of sp³-hybridized carbons (Fsp3) is 0.167. The van der Waals surface area contributed by atoms with Gasteiger partial charge >= 0.3 is 0 Å². The van der Waals surface area contributed by atoms with E-state index in [9.17, 15) is 8.42 Å². The Morgan fingerprint density at radius 2 is 2.00 bits per heavy atom. The van der Waals surface area contributed by atoms with Crippen LogP contribution in [0.5, 0.6) is 5.75 Å². The molecule has 1 aromatic heterocycles. The van der Waals surface area contributed by atoms with Crippen molar-refractivity contribution in [2.45, 2.75) is 11.8 Å². The van der Waals surface area contributed by atoms with Gasteiger partial charge in [-0.05, 0) is 25.1 Å². The third-order valence-electron chi connectivity index (χ3n) is 2.40. The molecule has 0 amide bonds. The van der Waals surface area contributed by atoms with Crippen LogP contribution in [0.25, 0.3) is 0 Å². The topological polar surface area (TPSA) is 81.2 Å². The summed E-state index contributed by atoms with van der Waals surface area (Å²) in [5, 5.41) is 0.167. The molecule has 1 N–H and O–H groups in total. The third kappa shape index (κ3) is 3.37. The van der Waals surface area contributed by atoms with E-state index in [1.165, 1.54) is 25.3 Å². The van der Waals surface area contributed by atoms with Crippen molar-refractivity contribution in [1.82, 2.24) is 9.97 Å². The van der Waals surface area contributed by atoms with E-state index in [2.05, 4.69) is 14.7 Å². The van der Waals surface area contributed by atoms with Gasteiger partial charge in [-0.2, -0.15) is 0 Å². The molecule has 0 unspecified atom stereocenters. The van der Waals surface area contributed by atoms with Gasteiger partial charge in [-0.3, -0.25) is 0 Å². The molecule has 6 nitrogen and oxygen atoms in total. The highest BCUT2D eigenvalue weighted by atomic mass is 35.5. The van der Waals surface area contributed by atoms with Gasteiger partial charge in [0.05, 0.1) is 12.0 Å². The molecular formula is C12H12ClN3O3S. The summed E-state index contributed by atoms with van der Waals surface area (Å²) in [5.41, 5.74) is 0.563. The van der Waals surface area contributed by atoms with Crippen LogP contribution in [0.3, 0.4) is 0 Å². The average Bonchev–Trinajstić information content (AvgIpc) is 2.37. The number of benzene rings is 1. The average molecular weight is 314 g/mol. The SMILES string of the molecule is COc1cccc(S(=O)(=O)Nc2nc(C)cc(Cl)n2)c1. The van der Waals surface area contributed by atoms with Crippen molar-refractivity contribution in [3.8, 4) is 5.75 Å². The number of halogens is 1. The van der Waals surface area contributed by atoms with Crippen molar-refractivity contribution in [3.05, 3.63) is 41.2 Å². The highest BCUT2D eigenvalue weighted by molar-refractivity contribution is 7.92. The van der Waals surface area contributed by atoms with Crippen molar-refractivity contribution in [3.63, 3.8) is 0 Å². The summed E-state index contributed by atoms with van der Waals surface area (Å²) in [6.07, 6.45) is 0. The lowest BCUT2D eigenvalue weighted by Gasteiger charge is -2.08. The first-order valence-corrected chi connectivity index (χ1v) is 7.45. The number of ether oxygens (including phenoxy) is 1. The Kier molecular flexibility index (Phi) is 4.10. The molecule has 0 spiro atoms. The minimum Gasteiger partial charge on any atom is -0.497 e. The van der Waals surface area contributed by atoms with Crippen LogP contribution >= 0.6 is 11.6 Å². The predicted octanol–water partition coefficient (Wildman–Crippen LogP) is 2.25. The fourth-order valence-corrected chi connectivity index (χ4v) is 2.74. The van der Waals surface area contributed by atoms with Crippen LogP contribution in [0.2, 0.25) is 5.15 Å². The molecule has 0 aliphatic rings. The zero-order valence-electron chi connectivity index (χ0n) is 10.8. The number of aromatic nitrogens is 2. The lowest BCUT2D eigenvalue weighted by molar-refractivity contribution is 0.413. The summed E-state index contributed by atoms with van der Waals surface area (Å²) < 4.78 is 31.7. The Labute approximate surface area is 121 Å². The number of nitrogens with one attached hydrogen (secondary N) is 1. The maximum atomic E-state index is 12.2. The number of rotatable bonds is 4. The molecule has 8 heteroatoms. The molecule has 0 aliphatic heterocycles. The standard InChI is InChI=1S/C12H12ClN3O3S/c1-8-6-11(13)15-12(14-8)16-20(17,18)10-5-3-4-9(7-10)19-2/h3-7H,1-2H3,(H,14,15,16). The van der Waals surface area contributed by atoms with Gasteiger partial charge in [0.2, 0.25) is 5.95 Å². The maximum Gasteiger partial charge on any atom is 0.264 e. The molecule has 0 bridgehead atoms. The Bertz CT molecular complexity index is 714. The maximum absolute atomic E-state index is 12.2. The fourth-order valence-electron chi connectivity index (χ4n) is 1.52. The van der Waals surface area contributed by atoms with Crippen LogP contribution in [0.15, 0.2) is 35.2 Å². The first-order valence-electron chi connectivity index (χ1n) is 5.59. The van der Waals surface area contributed by atoms with E-state index >= 15 is 0 Å². The van der Waals surface area contributed by atoms with Gasteiger partial charge in [0.15, 0.2) is 0 Å². The predicted molar refractivity (Wildman–Crippen MR) is 75.6 cm³/mol. The van der Waals surface area contributed by atoms with Crippen LogP contribution in [0.1, 0.15) is 5.69 Å².